The van der Waals surface area contributed by atoms with Crippen LogP contribution in [0.15, 0.2) is 48.8 Å². The minimum absolute atomic E-state index is 0.142. The summed E-state index contributed by atoms with van der Waals surface area (Å²) in [5.74, 6) is -0.0197. The largest absolute Gasteiger partial charge is 0.482 e. The second-order valence-electron chi connectivity index (χ2n) is 7.79. The number of nitriles is 1. The van der Waals surface area contributed by atoms with Crippen molar-refractivity contribution in [3.63, 3.8) is 0 Å². The summed E-state index contributed by atoms with van der Waals surface area (Å²) in [5.41, 5.74) is 9.57. The third-order valence-electron chi connectivity index (χ3n) is 5.75. The Balaban J connectivity index is 1.89. The molecule has 0 fully saturated rings. The minimum atomic E-state index is -1.22. The van der Waals surface area contributed by atoms with Gasteiger partial charge in [0, 0.05) is 47.3 Å². The van der Waals surface area contributed by atoms with E-state index < -0.39 is 18.0 Å². The zero-order valence-corrected chi connectivity index (χ0v) is 17.8. The maximum Gasteiger partial charge on any atom is 0.166 e. The number of anilines is 1. The molecule has 4 heterocycles. The molecule has 8 nitrogen and oxygen atoms in total. The van der Waals surface area contributed by atoms with Gasteiger partial charge in [-0.3, -0.25) is 9.67 Å². The minimum Gasteiger partial charge on any atom is -0.482 e. The normalized spacial score (nSPS) is 16.8. The summed E-state index contributed by atoms with van der Waals surface area (Å²) in [6.45, 7) is 1.77. The van der Waals surface area contributed by atoms with Crippen molar-refractivity contribution in [1.82, 2.24) is 19.7 Å². The molecule has 0 unspecified atom stereocenters. The molecule has 0 aliphatic carbocycles. The number of ether oxygens (including phenoxy) is 1. The molecule has 2 bridgehead atoms. The van der Waals surface area contributed by atoms with E-state index in [1.54, 1.807) is 44.4 Å². The number of aliphatic hydroxyl groups is 1. The molecule has 4 aromatic rings. The maximum absolute atomic E-state index is 14.3. The fraction of sp³-hybridized carbons (Fsp3) is 0.167. The Kier molecular flexibility index (Phi) is 4.80. The van der Waals surface area contributed by atoms with E-state index in [9.17, 15) is 14.8 Å². The van der Waals surface area contributed by atoms with E-state index in [1.165, 1.54) is 23.0 Å². The molecule has 0 saturated heterocycles. The monoisotopic (exact) mass is 442 g/mol. The number of rotatable bonds is 0. The number of halogens is 1. The van der Waals surface area contributed by atoms with Gasteiger partial charge >= 0.3 is 0 Å². The number of aryl methyl sites for hydroxylation is 1. The number of fused-ring (bicyclic) bond motifs is 7. The molecule has 33 heavy (non-hydrogen) atoms. The van der Waals surface area contributed by atoms with Crippen LogP contribution in [0.1, 0.15) is 41.6 Å². The van der Waals surface area contributed by atoms with E-state index >= 15 is 0 Å². The molecule has 1 aromatic carbocycles. The smallest absolute Gasteiger partial charge is 0.166 e. The van der Waals surface area contributed by atoms with Crippen molar-refractivity contribution in [3.8, 4) is 34.2 Å². The molecule has 1 aliphatic rings. The Morgan fingerprint density at radius 2 is 2.03 bits per heavy atom. The first-order valence-electron chi connectivity index (χ1n) is 10.2. The average molecular weight is 442 g/mol. The Labute approximate surface area is 188 Å². The molecular weight excluding hydrogens is 423 g/mol. The summed E-state index contributed by atoms with van der Waals surface area (Å²) in [6, 6.07) is 11.5. The van der Waals surface area contributed by atoms with Gasteiger partial charge < -0.3 is 15.6 Å². The van der Waals surface area contributed by atoms with Crippen molar-refractivity contribution in [2.45, 2.75) is 19.1 Å². The lowest BCUT2D eigenvalue weighted by Gasteiger charge is -2.22. The lowest BCUT2D eigenvalue weighted by atomic mass is 9.92. The van der Waals surface area contributed by atoms with Crippen LogP contribution in [0.2, 0.25) is 0 Å². The van der Waals surface area contributed by atoms with Crippen LogP contribution < -0.4 is 10.5 Å². The molecule has 9 heteroatoms. The van der Waals surface area contributed by atoms with Crippen molar-refractivity contribution < 1.29 is 14.2 Å². The lowest BCUT2D eigenvalue weighted by molar-refractivity contribution is 0.214. The predicted molar refractivity (Wildman–Crippen MR) is 118 cm³/mol. The number of benzene rings is 1. The third-order valence-corrected chi connectivity index (χ3v) is 5.75. The predicted octanol–water partition coefficient (Wildman–Crippen LogP) is 3.67. The molecule has 0 amide bonds. The highest BCUT2D eigenvalue weighted by molar-refractivity contribution is 5.76. The van der Waals surface area contributed by atoms with E-state index in [4.69, 9.17) is 10.5 Å². The fourth-order valence-electron chi connectivity index (χ4n) is 4.19. The quantitative estimate of drug-likeness (QED) is 0.426. The molecule has 3 N–H and O–H groups in total. The van der Waals surface area contributed by atoms with Crippen LogP contribution in [0.5, 0.6) is 5.75 Å². The summed E-state index contributed by atoms with van der Waals surface area (Å²) in [5, 5.41) is 25.7. The third kappa shape index (κ3) is 3.28. The standard InChI is InChI=1S/C24H19FN6O2/c1-12-17-9-14(25)5-6-15(17)21-16(4-3-7-28-21)23(32)22-20(18(10-26)31(2)30-22)13-8-19(33-12)24(27)29-11-13/h3-9,11-12,23,32H,1-2H3,(H2,27,29)/t12-,23+/m1/s1. The Morgan fingerprint density at radius 3 is 2.82 bits per heavy atom. The summed E-state index contributed by atoms with van der Waals surface area (Å²) >= 11 is 0. The van der Waals surface area contributed by atoms with Crippen LogP contribution in [0, 0.1) is 17.1 Å². The first kappa shape index (κ1) is 20.6. The zero-order chi connectivity index (χ0) is 23.3. The molecule has 164 valence electrons. The summed E-state index contributed by atoms with van der Waals surface area (Å²) < 4.78 is 21.8. The lowest BCUT2D eigenvalue weighted by Crippen LogP contribution is -2.11. The molecule has 0 radical (unpaired) electrons. The van der Waals surface area contributed by atoms with Crippen LogP contribution in [-0.2, 0) is 7.05 Å². The van der Waals surface area contributed by atoms with Crippen molar-refractivity contribution in [2.75, 3.05) is 5.73 Å². The maximum atomic E-state index is 14.3. The van der Waals surface area contributed by atoms with Crippen LogP contribution >= 0.6 is 0 Å². The van der Waals surface area contributed by atoms with Crippen LogP contribution in [-0.4, -0.2) is 24.9 Å². The van der Waals surface area contributed by atoms with E-state index in [-0.39, 0.29) is 23.0 Å². The van der Waals surface area contributed by atoms with Gasteiger partial charge in [-0.1, -0.05) is 6.07 Å². The second-order valence-corrected chi connectivity index (χ2v) is 7.79. The molecule has 3 aromatic heterocycles. The molecule has 0 saturated carbocycles. The molecular formula is C24H19FN6O2. The Hall–Kier alpha value is -4.29. The Morgan fingerprint density at radius 1 is 1.21 bits per heavy atom. The summed E-state index contributed by atoms with van der Waals surface area (Å²) in [4.78, 5) is 8.73. The number of aliphatic hydroxyl groups excluding tert-OH is 1. The zero-order valence-electron chi connectivity index (χ0n) is 17.8. The topological polar surface area (TPSA) is 123 Å². The number of hydrogen-bond acceptors (Lipinski definition) is 7. The van der Waals surface area contributed by atoms with Crippen molar-refractivity contribution in [3.05, 3.63) is 77.1 Å². The van der Waals surface area contributed by atoms with Crippen molar-refractivity contribution in [1.29, 1.82) is 5.26 Å². The SMILES string of the molecule is C[C@H]1Oc2cc(cnc2N)-c2c(nn(C)c2C#N)[C@@H](O)c2cccnc2-c2ccc(F)cc21. The Bertz CT molecular complexity index is 1440. The molecule has 2 atom stereocenters. The number of hydrogen-bond donors (Lipinski definition) is 2. The van der Waals surface area contributed by atoms with Gasteiger partial charge in [0.05, 0.1) is 5.69 Å². The van der Waals surface area contributed by atoms with Gasteiger partial charge in [-0.25, -0.2) is 9.37 Å². The van der Waals surface area contributed by atoms with Gasteiger partial charge in [0.1, 0.15) is 35.5 Å². The average Bonchev–Trinajstić information content (AvgIpc) is 3.15. The number of pyridine rings is 2. The highest BCUT2D eigenvalue weighted by atomic mass is 19.1. The van der Waals surface area contributed by atoms with E-state index in [1.807, 2.05) is 0 Å². The fourth-order valence-corrected chi connectivity index (χ4v) is 4.19. The van der Waals surface area contributed by atoms with Crippen LogP contribution in [0.3, 0.4) is 0 Å². The van der Waals surface area contributed by atoms with Crippen LogP contribution in [0.4, 0.5) is 10.2 Å². The number of nitrogen functional groups attached to an aromatic ring is 1. The first-order valence-corrected chi connectivity index (χ1v) is 10.2. The van der Waals surface area contributed by atoms with Crippen molar-refractivity contribution in [2.24, 2.45) is 7.05 Å². The van der Waals surface area contributed by atoms with Gasteiger partial charge in [0.25, 0.3) is 0 Å². The second kappa shape index (κ2) is 7.69. The first-order chi connectivity index (χ1) is 15.9. The van der Waals surface area contributed by atoms with Gasteiger partial charge in [0.15, 0.2) is 11.6 Å². The number of nitrogens with two attached hydrogens (primary N) is 1. The van der Waals surface area contributed by atoms with Gasteiger partial charge in [-0.05, 0) is 37.3 Å². The summed E-state index contributed by atoms with van der Waals surface area (Å²) in [6.07, 6.45) is 1.27. The number of aromatic nitrogens is 4. The molecule has 5 rings (SSSR count). The van der Waals surface area contributed by atoms with Gasteiger partial charge in [-0.2, -0.15) is 10.4 Å². The van der Waals surface area contributed by atoms with Gasteiger partial charge in [-0.15, -0.1) is 0 Å². The summed E-state index contributed by atoms with van der Waals surface area (Å²) in [7, 11) is 1.63. The van der Waals surface area contributed by atoms with Crippen LogP contribution in [0.25, 0.3) is 22.4 Å². The molecule has 0 spiro atoms. The van der Waals surface area contributed by atoms with E-state index in [0.717, 1.165) is 0 Å². The van der Waals surface area contributed by atoms with Gasteiger partial charge in [0.2, 0.25) is 0 Å². The van der Waals surface area contributed by atoms with E-state index in [2.05, 4.69) is 21.1 Å². The number of nitrogens with zero attached hydrogens (tertiary/aromatic N) is 5. The highest BCUT2D eigenvalue weighted by Crippen LogP contribution is 2.41. The highest BCUT2D eigenvalue weighted by Gasteiger charge is 2.29. The van der Waals surface area contributed by atoms with E-state index in [0.29, 0.717) is 33.5 Å². The molecule has 1 aliphatic heterocycles. The van der Waals surface area contributed by atoms with Crippen molar-refractivity contribution >= 4 is 5.82 Å².